The highest BCUT2D eigenvalue weighted by molar-refractivity contribution is 5.98. The Morgan fingerprint density at radius 2 is 1.71 bits per heavy atom. The van der Waals surface area contributed by atoms with Gasteiger partial charge < -0.3 is 11.1 Å². The van der Waals surface area contributed by atoms with Crippen molar-refractivity contribution in [2.45, 2.75) is 64.0 Å². The number of fused-ring (bicyclic) bond motifs is 2. The Hall–Kier alpha value is -1.68. The molecular weight excluding hydrogens is 300 g/mol. The van der Waals surface area contributed by atoms with E-state index in [1.54, 1.807) is 0 Å². The minimum Gasteiger partial charge on any atom is -0.353 e. The van der Waals surface area contributed by atoms with Gasteiger partial charge in [0, 0.05) is 30.5 Å². The maximum absolute atomic E-state index is 12.3. The van der Waals surface area contributed by atoms with E-state index in [1.807, 2.05) is 31.2 Å². The van der Waals surface area contributed by atoms with Crippen LogP contribution in [0.2, 0.25) is 0 Å². The van der Waals surface area contributed by atoms with E-state index in [2.05, 4.69) is 5.32 Å². The molecule has 1 aromatic rings. The number of nitrogens with one attached hydrogen (secondary N) is 1. The third-order valence-electron chi connectivity index (χ3n) is 5.66. The van der Waals surface area contributed by atoms with Crippen molar-refractivity contribution in [2.75, 3.05) is 0 Å². The van der Waals surface area contributed by atoms with Crippen LogP contribution in [-0.4, -0.2) is 23.8 Å². The van der Waals surface area contributed by atoms with Crippen molar-refractivity contribution < 1.29 is 9.59 Å². The van der Waals surface area contributed by atoms with Crippen LogP contribution < -0.4 is 11.1 Å². The fourth-order valence-corrected chi connectivity index (χ4v) is 4.39. The number of hydrogen-bond donors (Lipinski definition) is 2. The van der Waals surface area contributed by atoms with Crippen LogP contribution in [0.1, 0.15) is 60.9 Å². The molecule has 2 bridgehead atoms. The molecular formula is C20H28N2O2. The molecule has 2 fully saturated rings. The van der Waals surface area contributed by atoms with Gasteiger partial charge >= 0.3 is 0 Å². The molecule has 3 rings (SSSR count). The summed E-state index contributed by atoms with van der Waals surface area (Å²) in [5, 5.41) is 3.21. The summed E-state index contributed by atoms with van der Waals surface area (Å²) in [5.74, 6) is 1.08. The molecule has 1 aromatic carbocycles. The van der Waals surface area contributed by atoms with E-state index in [0.29, 0.717) is 17.4 Å². The summed E-state index contributed by atoms with van der Waals surface area (Å²) in [7, 11) is 0. The van der Waals surface area contributed by atoms with Crippen molar-refractivity contribution in [3.63, 3.8) is 0 Å². The number of hydrogen-bond acceptors (Lipinski definition) is 3. The average Bonchev–Trinajstić information content (AvgIpc) is 2.54. The van der Waals surface area contributed by atoms with Crippen LogP contribution in [0.25, 0.3) is 0 Å². The maximum Gasteiger partial charge on any atom is 0.220 e. The Balaban J connectivity index is 1.50. The molecule has 0 aromatic heterocycles. The lowest BCUT2D eigenvalue weighted by molar-refractivity contribution is -0.123. The second-order valence-corrected chi connectivity index (χ2v) is 7.57. The summed E-state index contributed by atoms with van der Waals surface area (Å²) in [6.07, 6.45) is 6.16. The first-order valence-corrected chi connectivity index (χ1v) is 9.17. The van der Waals surface area contributed by atoms with Gasteiger partial charge in [-0.15, -0.1) is 0 Å². The standard InChI is InChI=1S/C20H28N2O2/c1-13-5-7-14(8-6-13)18(23)9-10-19(24)22-20-15-3-2-4-16(20)12-17(21)11-15/h5-8,15-17,20H,2-4,9-12,21H2,1H3,(H,22,24). The molecule has 2 saturated carbocycles. The zero-order valence-corrected chi connectivity index (χ0v) is 14.5. The molecule has 0 radical (unpaired) electrons. The van der Waals surface area contributed by atoms with Gasteiger partial charge in [-0.1, -0.05) is 36.2 Å². The molecule has 2 aliphatic rings. The largest absolute Gasteiger partial charge is 0.353 e. The Morgan fingerprint density at radius 3 is 2.33 bits per heavy atom. The molecule has 0 heterocycles. The Kier molecular flexibility index (Phi) is 5.34. The number of ketones is 1. The van der Waals surface area contributed by atoms with Gasteiger partial charge in [0.05, 0.1) is 0 Å². The van der Waals surface area contributed by atoms with E-state index in [0.717, 1.165) is 31.2 Å². The van der Waals surface area contributed by atoms with E-state index in [9.17, 15) is 9.59 Å². The summed E-state index contributed by atoms with van der Waals surface area (Å²) in [6.45, 7) is 1.99. The third-order valence-corrected chi connectivity index (χ3v) is 5.66. The predicted octanol–water partition coefficient (Wildman–Crippen LogP) is 2.98. The molecule has 0 saturated heterocycles. The minimum absolute atomic E-state index is 0.00725. The van der Waals surface area contributed by atoms with E-state index in [-0.39, 0.29) is 36.6 Å². The van der Waals surface area contributed by atoms with Gasteiger partial charge in [-0.05, 0) is 44.4 Å². The van der Waals surface area contributed by atoms with E-state index in [4.69, 9.17) is 5.73 Å². The molecule has 3 N–H and O–H groups in total. The van der Waals surface area contributed by atoms with Crippen LogP contribution in [0.3, 0.4) is 0 Å². The van der Waals surface area contributed by atoms with Gasteiger partial charge in [-0.25, -0.2) is 0 Å². The van der Waals surface area contributed by atoms with Crippen molar-refractivity contribution in [1.82, 2.24) is 5.32 Å². The highest BCUT2D eigenvalue weighted by atomic mass is 16.2. The summed E-state index contributed by atoms with van der Waals surface area (Å²) in [4.78, 5) is 24.5. The lowest BCUT2D eigenvalue weighted by atomic mass is 9.67. The summed E-state index contributed by atoms with van der Waals surface area (Å²) >= 11 is 0. The van der Waals surface area contributed by atoms with Gasteiger partial charge in [0.15, 0.2) is 5.78 Å². The van der Waals surface area contributed by atoms with Crippen molar-refractivity contribution in [3.05, 3.63) is 35.4 Å². The van der Waals surface area contributed by atoms with E-state index < -0.39 is 0 Å². The molecule has 0 spiro atoms. The summed E-state index contributed by atoms with van der Waals surface area (Å²) in [5.41, 5.74) is 7.95. The first kappa shape index (κ1) is 17.2. The van der Waals surface area contributed by atoms with Crippen molar-refractivity contribution in [2.24, 2.45) is 17.6 Å². The molecule has 1 amide bonds. The van der Waals surface area contributed by atoms with Crippen LogP contribution in [0.5, 0.6) is 0 Å². The highest BCUT2D eigenvalue weighted by Gasteiger charge is 2.39. The number of carbonyl (C=O) groups excluding carboxylic acids is 2. The lowest BCUT2D eigenvalue weighted by Crippen LogP contribution is -2.53. The zero-order chi connectivity index (χ0) is 17.1. The number of Topliss-reactive ketones (excluding diaryl/α,β-unsaturated/α-hetero) is 1. The van der Waals surface area contributed by atoms with Gasteiger partial charge in [-0.3, -0.25) is 9.59 Å². The van der Waals surface area contributed by atoms with Gasteiger partial charge in [-0.2, -0.15) is 0 Å². The molecule has 130 valence electrons. The molecule has 2 unspecified atom stereocenters. The lowest BCUT2D eigenvalue weighted by Gasteiger charge is -2.45. The zero-order valence-electron chi connectivity index (χ0n) is 14.5. The number of aryl methyl sites for hydroxylation is 1. The van der Waals surface area contributed by atoms with Crippen LogP contribution in [0, 0.1) is 18.8 Å². The summed E-state index contributed by atoms with van der Waals surface area (Å²) < 4.78 is 0. The van der Waals surface area contributed by atoms with Crippen LogP contribution in [0.15, 0.2) is 24.3 Å². The molecule has 2 atom stereocenters. The van der Waals surface area contributed by atoms with Gasteiger partial charge in [0.2, 0.25) is 5.91 Å². The fraction of sp³-hybridized carbons (Fsp3) is 0.600. The molecule has 24 heavy (non-hydrogen) atoms. The second-order valence-electron chi connectivity index (χ2n) is 7.57. The average molecular weight is 328 g/mol. The first-order chi connectivity index (χ1) is 11.5. The predicted molar refractivity (Wildman–Crippen MR) is 94.7 cm³/mol. The minimum atomic E-state index is 0.00725. The van der Waals surface area contributed by atoms with Crippen LogP contribution >= 0.6 is 0 Å². The second kappa shape index (κ2) is 7.47. The van der Waals surface area contributed by atoms with Crippen LogP contribution in [-0.2, 0) is 4.79 Å². The quantitative estimate of drug-likeness (QED) is 0.816. The number of carbonyl (C=O) groups is 2. The maximum atomic E-state index is 12.3. The smallest absolute Gasteiger partial charge is 0.220 e. The number of benzene rings is 1. The number of rotatable bonds is 5. The Bertz CT molecular complexity index is 582. The molecule has 4 heteroatoms. The summed E-state index contributed by atoms with van der Waals surface area (Å²) in [6, 6.07) is 8.09. The molecule has 0 aliphatic heterocycles. The Morgan fingerprint density at radius 1 is 1.08 bits per heavy atom. The van der Waals surface area contributed by atoms with Crippen LogP contribution in [0.4, 0.5) is 0 Å². The van der Waals surface area contributed by atoms with Crippen molar-refractivity contribution in [1.29, 1.82) is 0 Å². The van der Waals surface area contributed by atoms with Gasteiger partial charge in [0.1, 0.15) is 0 Å². The highest BCUT2D eigenvalue weighted by Crippen LogP contribution is 2.39. The van der Waals surface area contributed by atoms with E-state index in [1.165, 1.54) is 6.42 Å². The number of amides is 1. The monoisotopic (exact) mass is 328 g/mol. The molecule has 2 aliphatic carbocycles. The number of nitrogens with two attached hydrogens (primary N) is 1. The van der Waals surface area contributed by atoms with Crippen molar-refractivity contribution >= 4 is 11.7 Å². The normalized spacial score (nSPS) is 29.1. The van der Waals surface area contributed by atoms with Crippen molar-refractivity contribution in [3.8, 4) is 0 Å². The first-order valence-electron chi connectivity index (χ1n) is 9.17. The topological polar surface area (TPSA) is 72.2 Å². The fourth-order valence-electron chi connectivity index (χ4n) is 4.39. The SMILES string of the molecule is Cc1ccc(C(=O)CCC(=O)NC2C3CCCC2CC(N)C3)cc1. The van der Waals surface area contributed by atoms with E-state index >= 15 is 0 Å². The Labute approximate surface area is 144 Å². The van der Waals surface area contributed by atoms with Gasteiger partial charge in [0.25, 0.3) is 0 Å². The molecule has 4 nitrogen and oxygen atoms in total. The third kappa shape index (κ3) is 4.04.